The summed E-state index contributed by atoms with van der Waals surface area (Å²) in [5.41, 5.74) is 1.04. The topological polar surface area (TPSA) is 20.2 Å². The van der Waals surface area contributed by atoms with Gasteiger partial charge in [-0.15, -0.1) is 11.8 Å². The maximum Gasteiger partial charge on any atom is 0.0692 e. The third-order valence-corrected chi connectivity index (χ3v) is 3.37. The molecule has 1 nitrogen and oxygen atoms in total. The van der Waals surface area contributed by atoms with Crippen LogP contribution in [0.3, 0.4) is 0 Å². The molecule has 0 aromatic heterocycles. The van der Waals surface area contributed by atoms with Crippen molar-refractivity contribution in [3.05, 3.63) is 28.1 Å². The summed E-state index contributed by atoms with van der Waals surface area (Å²) >= 11 is 1.70. The molecule has 2 heteroatoms. The third kappa shape index (κ3) is 1.72. The molecule has 0 amide bonds. The van der Waals surface area contributed by atoms with Crippen molar-refractivity contribution in [2.75, 3.05) is 6.26 Å². The molecule has 1 aliphatic carbocycles. The molecule has 1 aromatic carbocycles. The zero-order chi connectivity index (χ0) is 9.97. The summed E-state index contributed by atoms with van der Waals surface area (Å²) in [4.78, 5) is 1.19. The zero-order valence-electron chi connectivity index (χ0n) is 8.29. The van der Waals surface area contributed by atoms with Crippen molar-refractivity contribution < 1.29 is 5.11 Å². The molecule has 0 radical (unpaired) electrons. The maximum atomic E-state index is 9.21. The molecule has 1 aromatic rings. The predicted octanol–water partition coefficient (Wildman–Crippen LogP) is 1.26. The quantitative estimate of drug-likeness (QED) is 0.735. The minimum atomic E-state index is 0.136. The Bertz CT molecular complexity index is 405. The fourth-order valence-electron chi connectivity index (χ4n) is 1.80. The molecule has 0 saturated carbocycles. The van der Waals surface area contributed by atoms with Gasteiger partial charge in [0.25, 0.3) is 0 Å². The second-order valence-corrected chi connectivity index (χ2v) is 4.28. The van der Waals surface area contributed by atoms with Crippen molar-refractivity contribution in [3.63, 3.8) is 0 Å². The van der Waals surface area contributed by atoms with Crippen molar-refractivity contribution >= 4 is 23.9 Å². The van der Waals surface area contributed by atoms with Gasteiger partial charge in [0.1, 0.15) is 0 Å². The number of hydrogen-bond acceptors (Lipinski definition) is 2. The lowest BCUT2D eigenvalue weighted by Crippen LogP contribution is -2.27. The van der Waals surface area contributed by atoms with Crippen LogP contribution >= 0.6 is 11.8 Å². The minimum Gasteiger partial charge on any atom is -0.392 e. The van der Waals surface area contributed by atoms with Gasteiger partial charge in [0.2, 0.25) is 0 Å². The molecule has 0 unspecified atom stereocenters. The second kappa shape index (κ2) is 4.20. The molecular formula is C12H14OS. The molecule has 0 spiro atoms. The highest BCUT2D eigenvalue weighted by Crippen LogP contribution is 2.17. The van der Waals surface area contributed by atoms with Crippen LogP contribution in [0.2, 0.25) is 0 Å². The van der Waals surface area contributed by atoms with E-state index in [4.69, 9.17) is 0 Å². The normalized spacial score (nSPS) is 14.1. The van der Waals surface area contributed by atoms with Crippen LogP contribution in [0.4, 0.5) is 0 Å². The molecule has 14 heavy (non-hydrogen) atoms. The van der Waals surface area contributed by atoms with Gasteiger partial charge < -0.3 is 5.11 Å². The highest BCUT2D eigenvalue weighted by molar-refractivity contribution is 7.98. The smallest absolute Gasteiger partial charge is 0.0692 e. The van der Waals surface area contributed by atoms with Crippen LogP contribution in [-0.2, 0) is 6.61 Å². The number of hydrogen-bond donors (Lipinski definition) is 1. The number of aliphatic hydroxyl groups excluding tert-OH is 1. The first-order valence-electron chi connectivity index (χ1n) is 4.83. The van der Waals surface area contributed by atoms with Gasteiger partial charge in [-0.3, -0.25) is 0 Å². The third-order valence-electron chi connectivity index (χ3n) is 2.55. The average molecular weight is 206 g/mol. The Balaban J connectivity index is 2.68. The van der Waals surface area contributed by atoms with Gasteiger partial charge in [0.05, 0.1) is 6.61 Å². The van der Waals surface area contributed by atoms with Crippen molar-refractivity contribution in [2.24, 2.45) is 0 Å². The van der Waals surface area contributed by atoms with Crippen molar-refractivity contribution in [1.82, 2.24) is 0 Å². The van der Waals surface area contributed by atoms with Crippen LogP contribution in [0.5, 0.6) is 0 Å². The van der Waals surface area contributed by atoms with Crippen molar-refractivity contribution in [2.45, 2.75) is 24.3 Å². The van der Waals surface area contributed by atoms with Crippen LogP contribution in [0.25, 0.3) is 12.2 Å². The SMILES string of the molecule is CSc1cc2c(cc1CO)=CCCC=2. The summed E-state index contributed by atoms with van der Waals surface area (Å²) in [6.45, 7) is 0.136. The van der Waals surface area contributed by atoms with Crippen LogP contribution in [0, 0.1) is 0 Å². The van der Waals surface area contributed by atoms with Gasteiger partial charge in [-0.05, 0) is 47.2 Å². The first-order chi connectivity index (χ1) is 6.85. The number of thioether (sulfide) groups is 1. The Kier molecular flexibility index (Phi) is 2.94. The highest BCUT2D eigenvalue weighted by Gasteiger charge is 2.02. The lowest BCUT2D eigenvalue weighted by Gasteiger charge is -2.07. The number of rotatable bonds is 2. The Labute approximate surface area is 88.2 Å². The molecule has 0 fully saturated rings. The molecule has 0 aliphatic heterocycles. The maximum absolute atomic E-state index is 9.21. The fourth-order valence-corrected chi connectivity index (χ4v) is 2.43. The molecule has 1 aliphatic rings. The summed E-state index contributed by atoms with van der Waals surface area (Å²) in [6, 6.07) is 4.29. The van der Waals surface area contributed by atoms with E-state index in [0.29, 0.717) is 0 Å². The summed E-state index contributed by atoms with van der Waals surface area (Å²) in [5, 5.41) is 11.8. The predicted molar refractivity (Wildman–Crippen MR) is 61.6 cm³/mol. The lowest BCUT2D eigenvalue weighted by molar-refractivity contribution is 0.279. The monoisotopic (exact) mass is 206 g/mol. The van der Waals surface area contributed by atoms with Gasteiger partial charge in [-0.1, -0.05) is 12.2 Å². The van der Waals surface area contributed by atoms with E-state index < -0.39 is 0 Å². The van der Waals surface area contributed by atoms with E-state index in [9.17, 15) is 5.11 Å². The molecule has 0 atom stereocenters. The molecule has 74 valence electrons. The standard InChI is InChI=1S/C12H14OS/c1-14-12-7-10-5-3-2-4-9(10)6-11(12)8-13/h4-7,13H,2-3,8H2,1H3. The number of fused-ring (bicyclic) bond motifs is 1. The van der Waals surface area contributed by atoms with Gasteiger partial charge in [-0.25, -0.2) is 0 Å². The largest absolute Gasteiger partial charge is 0.392 e. The van der Waals surface area contributed by atoms with Crippen molar-refractivity contribution in [3.8, 4) is 0 Å². The first-order valence-corrected chi connectivity index (χ1v) is 6.06. The molecular weight excluding hydrogens is 192 g/mol. The summed E-state index contributed by atoms with van der Waals surface area (Å²) in [5.74, 6) is 0. The highest BCUT2D eigenvalue weighted by atomic mass is 32.2. The van der Waals surface area contributed by atoms with E-state index >= 15 is 0 Å². The van der Waals surface area contributed by atoms with Gasteiger partial charge in [0.15, 0.2) is 0 Å². The van der Waals surface area contributed by atoms with Gasteiger partial charge >= 0.3 is 0 Å². The van der Waals surface area contributed by atoms with Crippen LogP contribution < -0.4 is 10.4 Å². The van der Waals surface area contributed by atoms with E-state index in [0.717, 1.165) is 18.4 Å². The minimum absolute atomic E-state index is 0.136. The first kappa shape index (κ1) is 9.81. The summed E-state index contributed by atoms with van der Waals surface area (Å²) in [6.07, 6.45) is 8.83. The van der Waals surface area contributed by atoms with Crippen LogP contribution in [0.1, 0.15) is 18.4 Å². The molecule has 0 saturated heterocycles. The number of aliphatic hydroxyl groups is 1. The Hall–Kier alpha value is -0.730. The van der Waals surface area contributed by atoms with E-state index in [1.54, 1.807) is 11.8 Å². The van der Waals surface area contributed by atoms with E-state index in [1.165, 1.54) is 15.3 Å². The molecule has 2 rings (SSSR count). The van der Waals surface area contributed by atoms with Crippen LogP contribution in [0.15, 0.2) is 17.0 Å². The average Bonchev–Trinajstić information content (AvgIpc) is 2.27. The van der Waals surface area contributed by atoms with E-state index in [-0.39, 0.29) is 6.61 Å². The lowest BCUT2D eigenvalue weighted by atomic mass is 10.1. The van der Waals surface area contributed by atoms with Crippen molar-refractivity contribution in [1.29, 1.82) is 0 Å². The zero-order valence-corrected chi connectivity index (χ0v) is 9.10. The van der Waals surface area contributed by atoms with E-state index in [2.05, 4.69) is 24.3 Å². The summed E-state index contributed by atoms with van der Waals surface area (Å²) < 4.78 is 0. The Morgan fingerprint density at radius 1 is 1.21 bits per heavy atom. The Morgan fingerprint density at radius 3 is 2.43 bits per heavy atom. The molecule has 1 N–H and O–H groups in total. The molecule has 0 bridgehead atoms. The summed E-state index contributed by atoms with van der Waals surface area (Å²) in [7, 11) is 0. The van der Waals surface area contributed by atoms with Crippen LogP contribution in [-0.4, -0.2) is 11.4 Å². The fraction of sp³-hybridized carbons (Fsp3) is 0.333. The molecule has 0 heterocycles. The van der Waals surface area contributed by atoms with Gasteiger partial charge in [-0.2, -0.15) is 0 Å². The Morgan fingerprint density at radius 2 is 1.86 bits per heavy atom. The van der Waals surface area contributed by atoms with Gasteiger partial charge in [0, 0.05) is 4.90 Å². The second-order valence-electron chi connectivity index (χ2n) is 3.44. The van der Waals surface area contributed by atoms with E-state index in [1.807, 2.05) is 6.26 Å². The number of benzene rings is 1.